The molecule has 0 aliphatic heterocycles. The Morgan fingerprint density at radius 3 is 2.55 bits per heavy atom. The first-order valence-corrected chi connectivity index (χ1v) is 8.71. The fourth-order valence-corrected chi connectivity index (χ4v) is 5.98. The van der Waals surface area contributed by atoms with Crippen LogP contribution in [0.15, 0.2) is 30.3 Å². The van der Waals surface area contributed by atoms with Crippen molar-refractivity contribution in [1.82, 2.24) is 5.32 Å². The van der Waals surface area contributed by atoms with E-state index < -0.39 is 0 Å². The third-order valence-electron chi connectivity index (χ3n) is 6.88. The van der Waals surface area contributed by atoms with Crippen LogP contribution in [0.4, 0.5) is 0 Å². The first-order chi connectivity index (χ1) is 9.90. The molecule has 106 valence electrons. The molecule has 0 heterocycles. The van der Waals surface area contributed by atoms with E-state index in [9.17, 15) is 0 Å². The zero-order chi connectivity index (χ0) is 13.1. The molecule has 4 fully saturated rings. The van der Waals surface area contributed by atoms with Gasteiger partial charge in [-0.1, -0.05) is 36.8 Å². The lowest BCUT2D eigenvalue weighted by Gasteiger charge is -2.32. The summed E-state index contributed by atoms with van der Waals surface area (Å²) in [6.45, 7) is 0. The van der Waals surface area contributed by atoms with Crippen LogP contribution in [-0.2, 0) is 0 Å². The van der Waals surface area contributed by atoms with Crippen molar-refractivity contribution in [2.75, 3.05) is 0 Å². The van der Waals surface area contributed by atoms with Crippen LogP contribution in [0.1, 0.15) is 50.0 Å². The van der Waals surface area contributed by atoms with Crippen molar-refractivity contribution >= 4 is 0 Å². The van der Waals surface area contributed by atoms with Gasteiger partial charge < -0.3 is 5.32 Å². The molecule has 0 saturated heterocycles. The summed E-state index contributed by atoms with van der Waals surface area (Å²) in [6, 6.07) is 12.8. The minimum Gasteiger partial charge on any atom is -0.310 e. The number of hydrogen-bond donors (Lipinski definition) is 1. The van der Waals surface area contributed by atoms with Gasteiger partial charge in [0.05, 0.1) is 0 Å². The molecule has 1 aromatic carbocycles. The normalized spacial score (nSPS) is 48.5. The molecule has 7 atom stereocenters. The van der Waals surface area contributed by atoms with E-state index in [1.165, 1.54) is 25.7 Å². The third kappa shape index (κ3) is 1.72. The van der Waals surface area contributed by atoms with Crippen molar-refractivity contribution < 1.29 is 0 Å². The molecule has 20 heavy (non-hydrogen) atoms. The van der Waals surface area contributed by atoms with E-state index >= 15 is 0 Å². The molecular formula is C19H25N. The molecular weight excluding hydrogens is 242 g/mol. The van der Waals surface area contributed by atoms with Gasteiger partial charge in [-0.05, 0) is 61.3 Å². The third-order valence-corrected chi connectivity index (χ3v) is 6.88. The summed E-state index contributed by atoms with van der Waals surface area (Å²) >= 11 is 0. The van der Waals surface area contributed by atoms with Crippen molar-refractivity contribution in [2.24, 2.45) is 23.7 Å². The highest BCUT2D eigenvalue weighted by molar-refractivity contribution is 5.28. The molecule has 0 aromatic heterocycles. The molecule has 4 saturated carbocycles. The van der Waals surface area contributed by atoms with Gasteiger partial charge in [0.15, 0.2) is 0 Å². The van der Waals surface area contributed by atoms with E-state index in [4.69, 9.17) is 0 Å². The molecule has 0 radical (unpaired) electrons. The quantitative estimate of drug-likeness (QED) is 0.874. The Kier molecular flexibility index (Phi) is 2.56. The number of fused-ring (bicyclic) bond motifs is 5. The van der Waals surface area contributed by atoms with Crippen LogP contribution < -0.4 is 5.32 Å². The Morgan fingerprint density at radius 2 is 1.65 bits per heavy atom. The second kappa shape index (κ2) is 4.34. The number of nitrogens with one attached hydrogen (secondary N) is 1. The molecule has 4 aliphatic rings. The highest BCUT2D eigenvalue weighted by Crippen LogP contribution is 2.59. The van der Waals surface area contributed by atoms with Crippen molar-refractivity contribution in [3.63, 3.8) is 0 Å². The second-order valence-electron chi connectivity index (χ2n) is 7.79. The van der Waals surface area contributed by atoms with Crippen molar-refractivity contribution in [2.45, 2.75) is 56.5 Å². The molecule has 2 bridgehead atoms. The lowest BCUT2D eigenvalue weighted by atomic mass is 9.79. The van der Waals surface area contributed by atoms with Gasteiger partial charge >= 0.3 is 0 Å². The average molecular weight is 267 g/mol. The molecule has 0 amide bonds. The van der Waals surface area contributed by atoms with Crippen LogP contribution in [-0.4, -0.2) is 12.1 Å². The molecule has 1 nitrogen and oxygen atoms in total. The fourth-order valence-electron chi connectivity index (χ4n) is 5.98. The standard InChI is InChI=1S/C19H25N/c1-2-5-12(6-3-1)16-11-19(16)20-18-10-13-9-17(18)15-8-4-7-14(13)15/h1-3,5-6,13-20H,4,7-11H2. The monoisotopic (exact) mass is 267 g/mol. The first-order valence-electron chi connectivity index (χ1n) is 8.71. The summed E-state index contributed by atoms with van der Waals surface area (Å²) in [5.74, 6) is 5.14. The van der Waals surface area contributed by atoms with Gasteiger partial charge in [0, 0.05) is 18.0 Å². The highest BCUT2D eigenvalue weighted by atomic mass is 15.0. The van der Waals surface area contributed by atoms with Crippen LogP contribution in [0, 0.1) is 23.7 Å². The summed E-state index contributed by atoms with van der Waals surface area (Å²) in [4.78, 5) is 0. The molecule has 1 aromatic rings. The lowest BCUT2D eigenvalue weighted by molar-refractivity contribution is 0.207. The zero-order valence-corrected chi connectivity index (χ0v) is 12.2. The van der Waals surface area contributed by atoms with Gasteiger partial charge in [0.1, 0.15) is 0 Å². The molecule has 5 rings (SSSR count). The van der Waals surface area contributed by atoms with E-state index in [0.717, 1.165) is 41.7 Å². The van der Waals surface area contributed by atoms with Crippen LogP contribution in [0.2, 0.25) is 0 Å². The summed E-state index contributed by atoms with van der Waals surface area (Å²) in [5.41, 5.74) is 1.55. The fraction of sp³-hybridized carbons (Fsp3) is 0.684. The number of benzene rings is 1. The van der Waals surface area contributed by atoms with Crippen molar-refractivity contribution in [3.05, 3.63) is 35.9 Å². The van der Waals surface area contributed by atoms with Crippen LogP contribution in [0.25, 0.3) is 0 Å². The van der Waals surface area contributed by atoms with E-state index in [-0.39, 0.29) is 0 Å². The van der Waals surface area contributed by atoms with E-state index in [1.54, 1.807) is 18.4 Å². The maximum atomic E-state index is 4.05. The van der Waals surface area contributed by atoms with Gasteiger partial charge in [-0.2, -0.15) is 0 Å². The van der Waals surface area contributed by atoms with Gasteiger partial charge in [-0.3, -0.25) is 0 Å². The maximum absolute atomic E-state index is 4.05. The van der Waals surface area contributed by atoms with Crippen molar-refractivity contribution in [3.8, 4) is 0 Å². The lowest BCUT2D eigenvalue weighted by Crippen LogP contribution is -2.40. The summed E-state index contributed by atoms with van der Waals surface area (Å²) in [6.07, 6.45) is 9.02. The molecule has 1 N–H and O–H groups in total. The Hall–Kier alpha value is -0.820. The largest absolute Gasteiger partial charge is 0.310 e. The van der Waals surface area contributed by atoms with Crippen LogP contribution >= 0.6 is 0 Å². The minimum absolute atomic E-state index is 0.779. The predicted octanol–water partition coefficient (Wildman–Crippen LogP) is 3.96. The van der Waals surface area contributed by atoms with Gasteiger partial charge in [0.25, 0.3) is 0 Å². The smallest absolute Gasteiger partial charge is 0.0145 e. The Bertz CT molecular complexity index is 496. The van der Waals surface area contributed by atoms with Gasteiger partial charge in [0.2, 0.25) is 0 Å². The van der Waals surface area contributed by atoms with Crippen LogP contribution in [0.3, 0.4) is 0 Å². The molecule has 1 heteroatoms. The predicted molar refractivity (Wildman–Crippen MR) is 81.6 cm³/mol. The highest BCUT2D eigenvalue weighted by Gasteiger charge is 2.55. The first kappa shape index (κ1) is 11.8. The van der Waals surface area contributed by atoms with E-state index in [2.05, 4.69) is 35.6 Å². The van der Waals surface area contributed by atoms with Gasteiger partial charge in [-0.25, -0.2) is 0 Å². The number of hydrogen-bond acceptors (Lipinski definition) is 1. The molecule has 4 aliphatic carbocycles. The van der Waals surface area contributed by atoms with Crippen LogP contribution in [0.5, 0.6) is 0 Å². The minimum atomic E-state index is 0.779. The van der Waals surface area contributed by atoms with E-state index in [0.29, 0.717) is 0 Å². The Morgan fingerprint density at radius 1 is 0.800 bits per heavy atom. The van der Waals surface area contributed by atoms with Gasteiger partial charge in [-0.15, -0.1) is 0 Å². The average Bonchev–Trinajstić information content (AvgIpc) is 2.84. The molecule has 7 unspecified atom stereocenters. The molecule has 0 spiro atoms. The summed E-state index contributed by atoms with van der Waals surface area (Å²) in [5, 5.41) is 4.05. The maximum Gasteiger partial charge on any atom is 0.0145 e. The van der Waals surface area contributed by atoms with E-state index in [1.807, 2.05) is 0 Å². The number of rotatable bonds is 3. The Balaban J connectivity index is 1.25. The Labute approximate surface area is 122 Å². The topological polar surface area (TPSA) is 12.0 Å². The zero-order valence-electron chi connectivity index (χ0n) is 12.2. The summed E-state index contributed by atoms with van der Waals surface area (Å²) in [7, 11) is 0. The SMILES string of the molecule is c1ccc(C2CC2NC2CC3CC2C2CCCC32)cc1. The second-order valence-corrected chi connectivity index (χ2v) is 7.79. The summed E-state index contributed by atoms with van der Waals surface area (Å²) < 4.78 is 0. The van der Waals surface area contributed by atoms with Crippen molar-refractivity contribution in [1.29, 1.82) is 0 Å².